The zero-order valence-corrected chi connectivity index (χ0v) is 6.65. The summed E-state index contributed by atoms with van der Waals surface area (Å²) in [6, 6.07) is -0.751. The number of hydrogen-bond acceptors (Lipinski definition) is 2. The van der Waals surface area contributed by atoms with Crippen LogP contribution in [0.4, 0.5) is 13.2 Å². The molecule has 0 radical (unpaired) electrons. The molecule has 0 unspecified atom stereocenters. The van der Waals surface area contributed by atoms with Gasteiger partial charge in [-0.3, -0.25) is 0 Å². The maximum atomic E-state index is 11.8. The molecule has 1 rings (SSSR count). The van der Waals surface area contributed by atoms with E-state index in [2.05, 4.69) is 4.42 Å². The molecule has 1 aromatic rings. The lowest BCUT2D eigenvalue weighted by Gasteiger charge is -2.12. The quantitative estimate of drug-likeness (QED) is 0.757. The van der Waals surface area contributed by atoms with E-state index < -0.39 is 12.2 Å². The van der Waals surface area contributed by atoms with Crippen molar-refractivity contribution in [1.29, 1.82) is 0 Å². The summed E-state index contributed by atoms with van der Waals surface area (Å²) in [6.07, 6.45) is -2.26. The highest BCUT2D eigenvalue weighted by Crippen LogP contribution is 2.30. The molecule has 2 nitrogen and oxygen atoms in total. The molecule has 0 aliphatic carbocycles. The van der Waals surface area contributed by atoms with Gasteiger partial charge < -0.3 is 10.2 Å². The molecule has 1 atom stereocenters. The number of hydrogen-bond donors (Lipinski definition) is 1. The normalized spacial score (nSPS) is 13.7. The Balaban J connectivity index is 0.00000121. The second kappa shape index (κ2) is 3.82. The van der Waals surface area contributed by atoms with Gasteiger partial charge in [-0.05, 0) is 6.07 Å². The van der Waals surface area contributed by atoms with Gasteiger partial charge in [-0.2, -0.15) is 13.2 Å². The average Bonchev–Trinajstić information content (AvgIpc) is 2.34. The molecule has 12 heavy (non-hydrogen) atoms. The third-order valence-electron chi connectivity index (χ3n) is 1.25. The van der Waals surface area contributed by atoms with Crippen molar-refractivity contribution in [3.05, 3.63) is 24.2 Å². The Hall–Kier alpha value is -0.680. The van der Waals surface area contributed by atoms with Crippen LogP contribution in [-0.2, 0) is 0 Å². The third-order valence-corrected chi connectivity index (χ3v) is 1.25. The summed E-state index contributed by atoms with van der Waals surface area (Å²) in [6.45, 7) is 0. The van der Waals surface area contributed by atoms with Gasteiger partial charge in [0.15, 0.2) is 0 Å². The molecule has 2 N–H and O–H groups in total. The van der Waals surface area contributed by atoms with E-state index >= 15 is 0 Å². The van der Waals surface area contributed by atoms with E-state index in [4.69, 9.17) is 5.73 Å². The topological polar surface area (TPSA) is 39.2 Å². The summed E-state index contributed by atoms with van der Waals surface area (Å²) in [5, 5.41) is 0. The summed E-state index contributed by atoms with van der Waals surface area (Å²) in [5.41, 5.74) is 4.77. The fourth-order valence-electron chi connectivity index (χ4n) is 0.641. The summed E-state index contributed by atoms with van der Waals surface area (Å²) in [5.74, 6) is 0. The van der Waals surface area contributed by atoms with Gasteiger partial charge >= 0.3 is 6.18 Å². The molecule has 0 aliphatic heterocycles. The second-order valence-corrected chi connectivity index (χ2v) is 2.08. The van der Waals surface area contributed by atoms with Gasteiger partial charge in [0, 0.05) is 5.56 Å². The smallest absolute Gasteiger partial charge is 0.407 e. The summed E-state index contributed by atoms with van der Waals surface area (Å²) >= 11 is 0. The van der Waals surface area contributed by atoms with E-state index in [1.165, 1.54) is 6.07 Å². The number of furan rings is 1. The van der Waals surface area contributed by atoms with Gasteiger partial charge in [-0.15, -0.1) is 12.4 Å². The van der Waals surface area contributed by atoms with Gasteiger partial charge in [0.05, 0.1) is 12.5 Å². The van der Waals surface area contributed by atoms with E-state index in [0.29, 0.717) is 0 Å². The molecule has 0 spiro atoms. The second-order valence-electron chi connectivity index (χ2n) is 2.08. The molecule has 0 aromatic carbocycles. The lowest BCUT2D eigenvalue weighted by atomic mass is 10.1. The Morgan fingerprint density at radius 2 is 2.00 bits per heavy atom. The first kappa shape index (κ1) is 11.3. The first-order valence-electron chi connectivity index (χ1n) is 2.86. The van der Waals surface area contributed by atoms with Crippen molar-refractivity contribution in [2.45, 2.75) is 12.2 Å². The summed E-state index contributed by atoms with van der Waals surface area (Å²) in [4.78, 5) is 0. The molecule has 0 amide bonds. The van der Waals surface area contributed by atoms with Crippen molar-refractivity contribution in [3.63, 3.8) is 0 Å². The first-order chi connectivity index (χ1) is 5.02. The lowest BCUT2D eigenvalue weighted by Crippen LogP contribution is -2.27. The van der Waals surface area contributed by atoms with Crippen LogP contribution >= 0.6 is 12.4 Å². The minimum absolute atomic E-state index is 0. The Morgan fingerprint density at radius 1 is 1.42 bits per heavy atom. The van der Waals surface area contributed by atoms with Crippen LogP contribution in [0.1, 0.15) is 11.6 Å². The van der Waals surface area contributed by atoms with Gasteiger partial charge in [-0.1, -0.05) is 0 Å². The average molecular weight is 202 g/mol. The maximum absolute atomic E-state index is 11.8. The van der Waals surface area contributed by atoms with E-state index in [1.807, 2.05) is 0 Å². The van der Waals surface area contributed by atoms with Crippen LogP contribution in [0.5, 0.6) is 0 Å². The van der Waals surface area contributed by atoms with E-state index in [1.54, 1.807) is 0 Å². The minimum atomic E-state index is -4.40. The molecule has 1 aromatic heterocycles. The summed E-state index contributed by atoms with van der Waals surface area (Å²) < 4.78 is 40.0. The van der Waals surface area contributed by atoms with Crippen molar-refractivity contribution < 1.29 is 17.6 Å². The molecular formula is C6H7ClF3NO. The van der Waals surface area contributed by atoms with E-state index in [-0.39, 0.29) is 18.0 Å². The Morgan fingerprint density at radius 3 is 2.33 bits per heavy atom. The molecule has 0 saturated heterocycles. The van der Waals surface area contributed by atoms with Crippen LogP contribution < -0.4 is 5.73 Å². The number of alkyl halides is 3. The van der Waals surface area contributed by atoms with Crippen molar-refractivity contribution in [2.75, 3.05) is 0 Å². The van der Waals surface area contributed by atoms with Gasteiger partial charge in [0.2, 0.25) is 0 Å². The van der Waals surface area contributed by atoms with E-state index in [0.717, 1.165) is 12.5 Å². The highest BCUT2D eigenvalue weighted by Gasteiger charge is 2.38. The van der Waals surface area contributed by atoms with E-state index in [9.17, 15) is 13.2 Å². The number of halogens is 4. The van der Waals surface area contributed by atoms with Crippen LogP contribution in [0.3, 0.4) is 0 Å². The van der Waals surface area contributed by atoms with Crippen LogP contribution in [0.15, 0.2) is 23.0 Å². The Kier molecular flexibility index (Phi) is 3.60. The molecule has 1 heterocycles. The molecule has 0 aliphatic rings. The molecule has 0 saturated carbocycles. The number of nitrogens with two attached hydrogens (primary N) is 1. The molecule has 0 bridgehead atoms. The van der Waals surface area contributed by atoms with Crippen LogP contribution in [0.2, 0.25) is 0 Å². The van der Waals surface area contributed by atoms with Gasteiger partial charge in [0.1, 0.15) is 6.04 Å². The van der Waals surface area contributed by atoms with Crippen molar-refractivity contribution in [1.82, 2.24) is 0 Å². The fraction of sp³-hybridized carbons (Fsp3) is 0.333. The Labute approximate surface area is 72.9 Å². The zero-order valence-electron chi connectivity index (χ0n) is 5.84. The lowest BCUT2D eigenvalue weighted by molar-refractivity contribution is -0.149. The molecule has 6 heteroatoms. The Bertz CT molecular complexity index is 221. The zero-order chi connectivity index (χ0) is 8.48. The standard InChI is InChI=1S/C6H6F3NO.ClH/c7-6(8,9)5(10)4-1-2-11-3-4;/h1-3,5H,10H2;1H/t5-;/m1./s1. The fourth-order valence-corrected chi connectivity index (χ4v) is 0.641. The highest BCUT2D eigenvalue weighted by atomic mass is 35.5. The predicted molar refractivity (Wildman–Crippen MR) is 38.9 cm³/mol. The van der Waals surface area contributed by atoms with Crippen LogP contribution in [-0.4, -0.2) is 6.18 Å². The third kappa shape index (κ3) is 2.42. The van der Waals surface area contributed by atoms with Gasteiger partial charge in [0.25, 0.3) is 0 Å². The first-order valence-corrected chi connectivity index (χ1v) is 2.86. The van der Waals surface area contributed by atoms with Crippen molar-refractivity contribution in [3.8, 4) is 0 Å². The van der Waals surface area contributed by atoms with Gasteiger partial charge in [-0.25, -0.2) is 0 Å². The monoisotopic (exact) mass is 201 g/mol. The SMILES string of the molecule is Cl.N[C@H](c1ccoc1)C(F)(F)F. The molecular weight excluding hydrogens is 195 g/mol. The predicted octanol–water partition coefficient (Wildman–Crippen LogP) is 2.26. The van der Waals surface area contributed by atoms with Crippen LogP contribution in [0.25, 0.3) is 0 Å². The largest absolute Gasteiger partial charge is 0.472 e. The highest BCUT2D eigenvalue weighted by molar-refractivity contribution is 5.85. The minimum Gasteiger partial charge on any atom is -0.472 e. The molecule has 70 valence electrons. The maximum Gasteiger partial charge on any atom is 0.407 e. The van der Waals surface area contributed by atoms with Crippen molar-refractivity contribution in [2.24, 2.45) is 5.73 Å². The summed E-state index contributed by atoms with van der Waals surface area (Å²) in [7, 11) is 0. The number of rotatable bonds is 1. The molecule has 0 fully saturated rings. The van der Waals surface area contributed by atoms with Crippen LogP contribution in [0, 0.1) is 0 Å². The van der Waals surface area contributed by atoms with Crippen molar-refractivity contribution >= 4 is 12.4 Å².